The zero-order valence-corrected chi connectivity index (χ0v) is 15.8. The van der Waals surface area contributed by atoms with E-state index in [1.165, 1.54) is 11.8 Å². The molecule has 2 aromatic carbocycles. The van der Waals surface area contributed by atoms with Crippen LogP contribution in [-0.4, -0.2) is 29.5 Å². The van der Waals surface area contributed by atoms with Gasteiger partial charge in [-0.3, -0.25) is 4.79 Å². The lowest BCUT2D eigenvalue weighted by Gasteiger charge is -2.30. The second-order valence-electron chi connectivity index (χ2n) is 6.64. The molecule has 4 rings (SSSR count). The van der Waals surface area contributed by atoms with E-state index in [4.69, 9.17) is 4.74 Å². The summed E-state index contributed by atoms with van der Waals surface area (Å²) in [6, 6.07) is 15.9. The highest BCUT2D eigenvalue weighted by atomic mass is 16.5. The number of fused-ring (bicyclic) bond motifs is 1. The maximum absolute atomic E-state index is 12.4. The summed E-state index contributed by atoms with van der Waals surface area (Å²) >= 11 is 0. The highest BCUT2D eigenvalue weighted by Gasteiger charge is 2.19. The van der Waals surface area contributed by atoms with Gasteiger partial charge in [-0.15, -0.1) is 0 Å². The maximum atomic E-state index is 12.4. The number of rotatable bonds is 5. The van der Waals surface area contributed by atoms with Gasteiger partial charge in [0.15, 0.2) is 5.82 Å². The molecule has 28 heavy (non-hydrogen) atoms. The lowest BCUT2D eigenvalue weighted by atomic mass is 10.0. The van der Waals surface area contributed by atoms with E-state index in [1.54, 1.807) is 13.3 Å². The number of aromatic nitrogens is 2. The summed E-state index contributed by atoms with van der Waals surface area (Å²) in [5.74, 6) is 1.24. The fourth-order valence-corrected chi connectivity index (χ4v) is 3.46. The van der Waals surface area contributed by atoms with Crippen LogP contribution in [0.5, 0.6) is 5.75 Å². The molecule has 1 amide bonds. The average molecular weight is 374 g/mol. The molecule has 0 radical (unpaired) electrons. The van der Waals surface area contributed by atoms with Crippen molar-refractivity contribution in [2.45, 2.75) is 19.4 Å². The van der Waals surface area contributed by atoms with Crippen LogP contribution in [0.3, 0.4) is 0 Å². The fourth-order valence-electron chi connectivity index (χ4n) is 3.46. The molecule has 1 aromatic heterocycles. The van der Waals surface area contributed by atoms with Crippen molar-refractivity contribution in [1.82, 2.24) is 15.3 Å². The summed E-state index contributed by atoms with van der Waals surface area (Å²) in [4.78, 5) is 23.4. The van der Waals surface area contributed by atoms with Crippen molar-refractivity contribution >= 4 is 17.4 Å². The van der Waals surface area contributed by atoms with Crippen LogP contribution < -0.4 is 15.0 Å². The zero-order valence-electron chi connectivity index (χ0n) is 15.8. The van der Waals surface area contributed by atoms with Gasteiger partial charge in [-0.1, -0.05) is 36.4 Å². The predicted molar refractivity (Wildman–Crippen MR) is 108 cm³/mol. The molecule has 6 nitrogen and oxygen atoms in total. The Bertz CT molecular complexity index is 972. The number of carbonyl (C=O) groups excluding carboxylic acids is 1. The first-order valence-electron chi connectivity index (χ1n) is 9.34. The number of nitrogens with one attached hydrogen (secondary N) is 1. The Labute approximate surface area is 164 Å². The van der Waals surface area contributed by atoms with Crippen LogP contribution in [0.15, 0.2) is 60.9 Å². The molecule has 1 aliphatic rings. The van der Waals surface area contributed by atoms with Gasteiger partial charge in [-0.05, 0) is 30.5 Å². The summed E-state index contributed by atoms with van der Waals surface area (Å²) in [5.41, 5.74) is 3.68. The normalized spacial score (nSPS) is 13.0. The first-order valence-corrected chi connectivity index (χ1v) is 9.34. The van der Waals surface area contributed by atoms with Crippen LogP contribution in [0, 0.1) is 0 Å². The first-order chi connectivity index (χ1) is 13.8. The largest absolute Gasteiger partial charge is 0.496 e. The van der Waals surface area contributed by atoms with Crippen LogP contribution in [-0.2, 0) is 13.0 Å². The minimum Gasteiger partial charge on any atom is -0.496 e. The van der Waals surface area contributed by atoms with Crippen molar-refractivity contribution in [2.24, 2.45) is 0 Å². The van der Waals surface area contributed by atoms with Crippen molar-refractivity contribution < 1.29 is 9.53 Å². The lowest BCUT2D eigenvalue weighted by molar-refractivity contribution is 0.0945. The van der Waals surface area contributed by atoms with Crippen LogP contribution in [0.2, 0.25) is 0 Å². The third kappa shape index (κ3) is 3.67. The highest BCUT2D eigenvalue weighted by molar-refractivity contribution is 5.92. The standard InChI is InChI=1S/C22H22N4O2/c1-28-20-11-5-3-8-17(20)13-25-22(27)18-14-24-21(15-23-18)26-12-6-9-16-7-2-4-10-19(16)26/h2-5,7-8,10-11,14-15H,6,9,12-13H2,1H3,(H,25,27). The molecule has 142 valence electrons. The van der Waals surface area contributed by atoms with E-state index >= 15 is 0 Å². The molecular weight excluding hydrogens is 352 g/mol. The van der Waals surface area contributed by atoms with Gasteiger partial charge < -0.3 is 15.0 Å². The van der Waals surface area contributed by atoms with Crippen molar-refractivity contribution in [3.63, 3.8) is 0 Å². The van der Waals surface area contributed by atoms with Crippen LogP contribution in [0.1, 0.15) is 28.0 Å². The minimum absolute atomic E-state index is 0.260. The molecule has 0 bridgehead atoms. The summed E-state index contributed by atoms with van der Waals surface area (Å²) in [6.45, 7) is 1.26. The summed E-state index contributed by atoms with van der Waals surface area (Å²) in [6.07, 6.45) is 5.34. The monoisotopic (exact) mass is 374 g/mol. The number of ether oxygens (including phenoxy) is 1. The first kappa shape index (κ1) is 18.0. The zero-order chi connectivity index (χ0) is 19.3. The summed E-state index contributed by atoms with van der Waals surface area (Å²) < 4.78 is 5.31. The number of benzene rings is 2. The van der Waals surface area contributed by atoms with Gasteiger partial charge in [0.25, 0.3) is 5.91 Å². The van der Waals surface area contributed by atoms with Crippen molar-refractivity contribution in [2.75, 3.05) is 18.6 Å². The number of hydrogen-bond acceptors (Lipinski definition) is 5. The Morgan fingerprint density at radius 2 is 1.93 bits per heavy atom. The van der Waals surface area contributed by atoms with E-state index in [0.29, 0.717) is 12.2 Å². The smallest absolute Gasteiger partial charge is 0.271 e. The number of nitrogens with zero attached hydrogens (tertiary/aromatic N) is 3. The summed E-state index contributed by atoms with van der Waals surface area (Å²) in [7, 11) is 1.61. The number of para-hydroxylation sites is 2. The van der Waals surface area contributed by atoms with E-state index < -0.39 is 0 Å². The number of anilines is 2. The Kier molecular flexibility index (Phi) is 5.19. The quantitative estimate of drug-likeness (QED) is 0.740. The number of aryl methyl sites for hydroxylation is 1. The second kappa shape index (κ2) is 8.08. The molecule has 1 aliphatic heterocycles. The van der Waals surface area contributed by atoms with Crippen LogP contribution in [0.25, 0.3) is 0 Å². The SMILES string of the molecule is COc1ccccc1CNC(=O)c1cnc(N2CCCc3ccccc32)cn1. The number of methoxy groups -OCH3 is 1. The van der Waals surface area contributed by atoms with Crippen LogP contribution in [0.4, 0.5) is 11.5 Å². The van der Waals surface area contributed by atoms with Gasteiger partial charge in [-0.25, -0.2) is 9.97 Å². The summed E-state index contributed by atoms with van der Waals surface area (Å²) in [5, 5.41) is 2.87. The third-order valence-electron chi connectivity index (χ3n) is 4.89. The van der Waals surface area contributed by atoms with Gasteiger partial charge in [0, 0.05) is 24.3 Å². The van der Waals surface area contributed by atoms with Crippen molar-refractivity contribution in [3.8, 4) is 5.75 Å². The predicted octanol–water partition coefficient (Wildman–Crippen LogP) is 3.50. The molecule has 2 heterocycles. The molecule has 1 N–H and O–H groups in total. The van der Waals surface area contributed by atoms with E-state index in [9.17, 15) is 4.79 Å². The molecule has 0 fully saturated rings. The topological polar surface area (TPSA) is 67.3 Å². The lowest BCUT2D eigenvalue weighted by Crippen LogP contribution is -2.27. The highest BCUT2D eigenvalue weighted by Crippen LogP contribution is 2.31. The van der Waals surface area contributed by atoms with Crippen LogP contribution >= 0.6 is 0 Å². The van der Waals surface area contributed by atoms with Gasteiger partial charge in [0.1, 0.15) is 11.4 Å². The number of hydrogen-bond donors (Lipinski definition) is 1. The van der Waals surface area contributed by atoms with Crippen molar-refractivity contribution in [1.29, 1.82) is 0 Å². The molecule has 0 aliphatic carbocycles. The average Bonchev–Trinajstić information content (AvgIpc) is 2.77. The van der Waals surface area contributed by atoms with Gasteiger partial charge in [0.2, 0.25) is 0 Å². The minimum atomic E-state index is -0.260. The number of carbonyl (C=O) groups is 1. The maximum Gasteiger partial charge on any atom is 0.271 e. The Hall–Kier alpha value is -3.41. The molecule has 0 unspecified atom stereocenters. The molecule has 3 aromatic rings. The molecule has 0 saturated carbocycles. The van der Waals surface area contributed by atoms with Crippen molar-refractivity contribution in [3.05, 3.63) is 77.7 Å². The van der Waals surface area contributed by atoms with E-state index in [-0.39, 0.29) is 5.91 Å². The number of amides is 1. The molecule has 0 atom stereocenters. The van der Waals surface area contributed by atoms with Gasteiger partial charge in [-0.2, -0.15) is 0 Å². The molecule has 0 spiro atoms. The molecular formula is C22H22N4O2. The molecule has 6 heteroatoms. The van der Waals surface area contributed by atoms with E-state index in [0.717, 1.165) is 42.2 Å². The third-order valence-corrected chi connectivity index (χ3v) is 4.89. The van der Waals surface area contributed by atoms with E-state index in [2.05, 4.69) is 38.4 Å². The van der Waals surface area contributed by atoms with E-state index in [1.807, 2.05) is 30.3 Å². The Morgan fingerprint density at radius 1 is 1.11 bits per heavy atom. The second-order valence-corrected chi connectivity index (χ2v) is 6.64. The Balaban J connectivity index is 1.46. The molecule has 0 saturated heterocycles. The van der Waals surface area contributed by atoms with Gasteiger partial charge >= 0.3 is 0 Å². The Morgan fingerprint density at radius 3 is 2.75 bits per heavy atom. The fraction of sp³-hybridized carbons (Fsp3) is 0.227. The van der Waals surface area contributed by atoms with Gasteiger partial charge in [0.05, 0.1) is 19.5 Å².